The van der Waals surface area contributed by atoms with Gasteiger partial charge in [-0.1, -0.05) is 60.7 Å². The van der Waals surface area contributed by atoms with E-state index in [1.807, 2.05) is 30.3 Å². The Morgan fingerprint density at radius 2 is 1.66 bits per heavy atom. The summed E-state index contributed by atoms with van der Waals surface area (Å²) in [5, 5.41) is 3.37. The first-order valence-corrected chi connectivity index (χ1v) is 11.5. The Bertz CT molecular complexity index is 1220. The molecule has 0 bridgehead atoms. The fraction of sp³-hybridized carbons (Fsp3) is 0.250. The van der Waals surface area contributed by atoms with Crippen LogP contribution < -0.4 is 5.32 Å². The molecule has 168 valence electrons. The number of amides is 1. The molecule has 0 heterocycles. The number of hydrogen-bond acceptors (Lipinski definition) is 5. The summed E-state index contributed by atoms with van der Waals surface area (Å²) in [4.78, 5) is 25.1. The van der Waals surface area contributed by atoms with Crippen molar-refractivity contribution in [1.82, 2.24) is 0 Å². The molecule has 0 aliphatic heterocycles. The minimum absolute atomic E-state index is 0.0969. The molecule has 0 fully saturated rings. The molecule has 8 heteroatoms. The molecule has 3 aromatic rings. The van der Waals surface area contributed by atoms with Gasteiger partial charge in [0.15, 0.2) is 0 Å². The van der Waals surface area contributed by atoms with Crippen LogP contribution in [-0.2, 0) is 30.9 Å². The van der Waals surface area contributed by atoms with E-state index in [-0.39, 0.29) is 11.1 Å². The normalized spacial score (nSPS) is 13.5. The van der Waals surface area contributed by atoms with Gasteiger partial charge in [-0.2, -0.15) is 8.42 Å². The number of fused-ring (bicyclic) bond motifs is 1. The van der Waals surface area contributed by atoms with Gasteiger partial charge in [0, 0.05) is 12.5 Å². The van der Waals surface area contributed by atoms with E-state index in [9.17, 15) is 22.6 Å². The SMILES string of the molecule is COC(CCc1ccccc1)C(C(C)=O)C(=O)Nc1ccc2ccccc2c1S(=O)(=O)O. The summed E-state index contributed by atoms with van der Waals surface area (Å²) in [5.41, 5.74) is 0.945. The van der Waals surface area contributed by atoms with Gasteiger partial charge in [0.2, 0.25) is 5.91 Å². The number of anilines is 1. The maximum absolute atomic E-state index is 13.1. The van der Waals surface area contributed by atoms with E-state index in [1.165, 1.54) is 26.2 Å². The predicted octanol–water partition coefficient (Wildman–Crippen LogP) is 3.88. The number of methoxy groups -OCH3 is 1. The zero-order valence-corrected chi connectivity index (χ0v) is 18.6. The highest BCUT2D eigenvalue weighted by Crippen LogP contribution is 2.31. The lowest BCUT2D eigenvalue weighted by Gasteiger charge is -2.24. The van der Waals surface area contributed by atoms with Crippen molar-refractivity contribution >= 4 is 38.3 Å². The molecule has 0 radical (unpaired) electrons. The minimum Gasteiger partial charge on any atom is -0.380 e. The smallest absolute Gasteiger partial charge is 0.297 e. The summed E-state index contributed by atoms with van der Waals surface area (Å²) in [6, 6.07) is 19.2. The van der Waals surface area contributed by atoms with Crippen molar-refractivity contribution in [1.29, 1.82) is 0 Å². The second-order valence-corrected chi connectivity index (χ2v) is 8.87. The Morgan fingerprint density at radius 3 is 2.28 bits per heavy atom. The van der Waals surface area contributed by atoms with Crippen LogP contribution in [0.1, 0.15) is 18.9 Å². The Hall–Kier alpha value is -3.07. The molecule has 2 atom stereocenters. The quantitative estimate of drug-likeness (QED) is 0.374. The lowest BCUT2D eigenvalue weighted by atomic mass is 9.92. The van der Waals surface area contributed by atoms with E-state index < -0.39 is 38.7 Å². The van der Waals surface area contributed by atoms with Crippen molar-refractivity contribution in [3.63, 3.8) is 0 Å². The summed E-state index contributed by atoms with van der Waals surface area (Å²) in [7, 11) is -3.23. The largest absolute Gasteiger partial charge is 0.380 e. The molecule has 0 aromatic heterocycles. The standard InChI is InChI=1S/C24H25NO6S/c1-16(26)22(21(31-2)15-12-17-8-4-3-5-9-17)24(27)25-20-14-13-18-10-6-7-11-19(18)23(20)32(28,29)30/h3-11,13-14,21-22H,12,15H2,1-2H3,(H,25,27)(H,28,29,30). The number of Topliss-reactive ketones (excluding diaryl/α,β-unsaturated/α-hetero) is 1. The number of hydrogen-bond donors (Lipinski definition) is 2. The lowest BCUT2D eigenvalue weighted by Crippen LogP contribution is -2.39. The fourth-order valence-corrected chi connectivity index (χ4v) is 4.68. The van der Waals surface area contributed by atoms with E-state index in [0.717, 1.165) is 5.56 Å². The van der Waals surface area contributed by atoms with E-state index in [2.05, 4.69) is 5.32 Å². The van der Waals surface area contributed by atoms with Crippen LogP contribution in [0.3, 0.4) is 0 Å². The van der Waals surface area contributed by atoms with Crippen LogP contribution >= 0.6 is 0 Å². The van der Waals surface area contributed by atoms with Crippen LogP contribution in [0.4, 0.5) is 5.69 Å². The van der Waals surface area contributed by atoms with Gasteiger partial charge in [-0.05, 0) is 36.8 Å². The average molecular weight is 456 g/mol. The van der Waals surface area contributed by atoms with Crippen LogP contribution in [0, 0.1) is 5.92 Å². The second kappa shape index (κ2) is 10.0. The molecule has 0 saturated heterocycles. The summed E-state index contributed by atoms with van der Waals surface area (Å²) in [6.45, 7) is 1.29. The Balaban J connectivity index is 1.90. The first-order valence-electron chi connectivity index (χ1n) is 10.1. The van der Waals surface area contributed by atoms with Crippen LogP contribution in [0.15, 0.2) is 71.6 Å². The molecule has 1 amide bonds. The van der Waals surface area contributed by atoms with Gasteiger partial charge in [-0.3, -0.25) is 14.1 Å². The second-order valence-electron chi connectivity index (χ2n) is 7.51. The van der Waals surface area contributed by atoms with Gasteiger partial charge < -0.3 is 10.1 Å². The molecule has 3 rings (SSSR count). The fourth-order valence-electron chi connectivity index (χ4n) is 3.82. The number of benzene rings is 3. The average Bonchev–Trinajstić information content (AvgIpc) is 2.75. The molecule has 7 nitrogen and oxygen atoms in total. The molecular formula is C24H25NO6S. The van der Waals surface area contributed by atoms with Crippen LogP contribution in [0.25, 0.3) is 10.8 Å². The molecular weight excluding hydrogens is 430 g/mol. The third kappa shape index (κ3) is 5.40. The van der Waals surface area contributed by atoms with E-state index in [1.54, 1.807) is 24.3 Å². The topological polar surface area (TPSA) is 110 Å². The monoisotopic (exact) mass is 455 g/mol. The predicted molar refractivity (Wildman–Crippen MR) is 122 cm³/mol. The van der Waals surface area contributed by atoms with Gasteiger partial charge in [0.05, 0.1) is 11.8 Å². The molecule has 0 saturated carbocycles. The number of ketones is 1. The summed E-state index contributed by atoms with van der Waals surface area (Å²) >= 11 is 0. The molecule has 2 N–H and O–H groups in total. The molecule has 2 unspecified atom stereocenters. The minimum atomic E-state index is -4.65. The van der Waals surface area contributed by atoms with Gasteiger partial charge in [-0.25, -0.2) is 0 Å². The maximum atomic E-state index is 13.1. The lowest BCUT2D eigenvalue weighted by molar-refractivity contribution is -0.135. The Kier molecular flexibility index (Phi) is 7.40. The molecule has 0 aliphatic rings. The first kappa shape index (κ1) is 23.6. The molecule has 0 spiro atoms. The third-order valence-corrected chi connectivity index (χ3v) is 6.31. The maximum Gasteiger partial charge on any atom is 0.297 e. The highest BCUT2D eigenvalue weighted by atomic mass is 32.2. The van der Waals surface area contributed by atoms with Gasteiger partial charge in [0.25, 0.3) is 10.1 Å². The summed E-state index contributed by atoms with van der Waals surface area (Å²) < 4.78 is 39.5. The highest BCUT2D eigenvalue weighted by Gasteiger charge is 2.33. The molecule has 3 aromatic carbocycles. The highest BCUT2D eigenvalue weighted by molar-refractivity contribution is 7.86. The van der Waals surface area contributed by atoms with Crippen LogP contribution in [0.5, 0.6) is 0 Å². The van der Waals surface area contributed by atoms with Crippen molar-refractivity contribution in [2.45, 2.75) is 30.8 Å². The first-order chi connectivity index (χ1) is 15.2. The zero-order chi connectivity index (χ0) is 23.3. The van der Waals surface area contributed by atoms with E-state index in [4.69, 9.17) is 4.74 Å². The summed E-state index contributed by atoms with van der Waals surface area (Å²) in [6.07, 6.45) is 0.311. The van der Waals surface area contributed by atoms with Crippen molar-refractivity contribution in [2.24, 2.45) is 5.92 Å². The van der Waals surface area contributed by atoms with Crippen LogP contribution in [-0.4, -0.2) is 37.9 Å². The van der Waals surface area contributed by atoms with Gasteiger partial charge in [0.1, 0.15) is 16.6 Å². The van der Waals surface area contributed by atoms with Crippen LogP contribution in [0.2, 0.25) is 0 Å². The molecule has 32 heavy (non-hydrogen) atoms. The van der Waals surface area contributed by atoms with Gasteiger partial charge >= 0.3 is 0 Å². The Morgan fingerprint density at radius 1 is 1.00 bits per heavy atom. The van der Waals surface area contributed by atoms with Gasteiger partial charge in [-0.15, -0.1) is 0 Å². The zero-order valence-electron chi connectivity index (χ0n) is 17.8. The summed E-state index contributed by atoms with van der Waals surface area (Å²) in [5.74, 6) is -2.25. The van der Waals surface area contributed by atoms with Crippen molar-refractivity contribution in [3.8, 4) is 0 Å². The van der Waals surface area contributed by atoms with Crippen molar-refractivity contribution in [2.75, 3.05) is 12.4 Å². The number of carbonyl (C=O) groups is 2. The molecule has 0 aliphatic carbocycles. The number of rotatable bonds is 9. The van der Waals surface area contributed by atoms with E-state index >= 15 is 0 Å². The van der Waals surface area contributed by atoms with E-state index in [0.29, 0.717) is 18.2 Å². The number of carbonyl (C=O) groups excluding carboxylic acids is 2. The number of aryl methyl sites for hydroxylation is 1. The van der Waals surface area contributed by atoms with Crippen molar-refractivity contribution in [3.05, 3.63) is 72.3 Å². The van der Waals surface area contributed by atoms with Crippen molar-refractivity contribution < 1.29 is 27.3 Å². The number of nitrogens with one attached hydrogen (secondary N) is 1. The number of ether oxygens (including phenoxy) is 1. The third-order valence-electron chi connectivity index (χ3n) is 5.35. The Labute approximate surface area is 187 Å².